The fourth-order valence-electron chi connectivity index (χ4n) is 8.35. The van der Waals surface area contributed by atoms with E-state index >= 15 is 0 Å². The minimum atomic E-state index is -3.93. The van der Waals surface area contributed by atoms with E-state index in [1.165, 1.54) is 72.8 Å². The lowest BCUT2D eigenvalue weighted by atomic mass is 9.95. The van der Waals surface area contributed by atoms with E-state index in [0.717, 1.165) is 44.7 Å². The van der Waals surface area contributed by atoms with Gasteiger partial charge in [-0.15, -0.1) is 10.6 Å². The molecule has 2 N–H and O–H groups in total. The van der Waals surface area contributed by atoms with Gasteiger partial charge in [-0.3, -0.25) is 9.11 Å². The van der Waals surface area contributed by atoms with E-state index in [9.17, 15) is 25.9 Å². The van der Waals surface area contributed by atoms with E-state index in [0.29, 0.717) is 44.3 Å². The van der Waals surface area contributed by atoms with Crippen molar-refractivity contribution in [2.75, 3.05) is 7.11 Å². The Morgan fingerprint density at radius 3 is 0.987 bits per heavy atom. The quantitative estimate of drug-likeness (QED) is 0.0959. The van der Waals surface area contributed by atoms with Crippen LogP contribution in [0.25, 0.3) is 33.4 Å². The Morgan fingerprint density at radius 1 is 0.320 bits per heavy atom. The third kappa shape index (κ3) is 10.9. The fraction of sp³-hybridized carbons (Fsp3) is 0.0323. The number of ether oxygens (including phenoxy) is 4. The molecule has 0 unspecified atom stereocenters. The van der Waals surface area contributed by atoms with Gasteiger partial charge in [0.05, 0.1) is 36.5 Å². The number of benzene rings is 10. The summed E-state index contributed by atoms with van der Waals surface area (Å²) < 4.78 is 101. The SMILES string of the molecule is COc1ccc(-c2ccc(Oc3ccc(S(=O)(=O)c4ccc(Oc5ccc(S(=O)(=O)c6ccc(Oc7ccc(S(O)(O)c8ccc(C)cc8)cc7)cc6)cc5)cc4)cc3)c(-c3ccccc3)c2)cc1-c1ccccc1. The van der Waals surface area contributed by atoms with Crippen LogP contribution in [-0.2, 0) is 19.7 Å². The molecule has 0 radical (unpaired) electrons. The highest BCUT2D eigenvalue weighted by atomic mass is 32.3. The molecule has 0 amide bonds. The molecule has 13 heteroatoms. The molecule has 10 rings (SSSR count). The zero-order valence-corrected chi connectivity index (χ0v) is 42.9. The smallest absolute Gasteiger partial charge is 0.206 e. The number of hydrogen-bond acceptors (Lipinski definition) is 10. The van der Waals surface area contributed by atoms with E-state index in [1.54, 1.807) is 67.8 Å². The molecule has 0 aliphatic heterocycles. The van der Waals surface area contributed by atoms with Crippen molar-refractivity contribution >= 4 is 30.3 Å². The maximum absolute atomic E-state index is 13.8. The lowest BCUT2D eigenvalue weighted by Gasteiger charge is -2.32. The Kier molecular flexibility index (Phi) is 14.2. The summed E-state index contributed by atoms with van der Waals surface area (Å²) in [5.74, 6) is 3.34. The van der Waals surface area contributed by atoms with Crippen molar-refractivity contribution in [2.24, 2.45) is 0 Å². The predicted octanol–water partition coefficient (Wildman–Crippen LogP) is 16.2. The Balaban J connectivity index is 0.775. The molecule has 0 heterocycles. The zero-order valence-electron chi connectivity index (χ0n) is 40.5. The Bertz CT molecular complexity index is 3840. The van der Waals surface area contributed by atoms with Crippen LogP contribution >= 0.6 is 10.6 Å². The lowest BCUT2D eigenvalue weighted by Crippen LogP contribution is -2.02. The first-order chi connectivity index (χ1) is 36.2. The van der Waals surface area contributed by atoms with Crippen molar-refractivity contribution in [2.45, 2.75) is 36.3 Å². The van der Waals surface area contributed by atoms with Crippen molar-refractivity contribution < 1.29 is 44.9 Å². The first-order valence-electron chi connectivity index (χ1n) is 23.6. The average molecular weight is 1050 g/mol. The van der Waals surface area contributed by atoms with Crippen LogP contribution in [0.3, 0.4) is 0 Å². The van der Waals surface area contributed by atoms with Crippen LogP contribution in [0, 0.1) is 6.92 Å². The topological polar surface area (TPSA) is 146 Å². The van der Waals surface area contributed by atoms with Gasteiger partial charge in [-0.05, 0) is 187 Å². The van der Waals surface area contributed by atoms with E-state index in [4.69, 9.17) is 18.9 Å². The van der Waals surface area contributed by atoms with Gasteiger partial charge in [0, 0.05) is 11.1 Å². The van der Waals surface area contributed by atoms with Crippen LogP contribution in [0.5, 0.6) is 40.2 Å². The predicted molar refractivity (Wildman–Crippen MR) is 293 cm³/mol. The minimum absolute atomic E-state index is 0.0432. The Hall–Kier alpha value is -8.43. The van der Waals surface area contributed by atoms with E-state index < -0.39 is 30.3 Å². The summed E-state index contributed by atoms with van der Waals surface area (Å²) in [4.78, 5) is 0.990. The Labute approximate surface area is 437 Å². The largest absolute Gasteiger partial charge is 0.496 e. The van der Waals surface area contributed by atoms with E-state index in [1.807, 2.05) is 91.9 Å². The van der Waals surface area contributed by atoms with Crippen molar-refractivity contribution in [3.63, 3.8) is 0 Å². The number of sulfone groups is 2. The molecule has 10 aromatic carbocycles. The van der Waals surface area contributed by atoms with Crippen LogP contribution in [0.1, 0.15) is 5.56 Å². The molecule has 0 atom stereocenters. The molecule has 10 nitrogen and oxygen atoms in total. The van der Waals surface area contributed by atoms with Crippen LogP contribution in [-0.4, -0.2) is 33.1 Å². The lowest BCUT2D eigenvalue weighted by molar-refractivity contribution is 0.416. The summed E-state index contributed by atoms with van der Waals surface area (Å²) in [6, 6.07) is 69.8. The first-order valence-corrected chi connectivity index (χ1v) is 28.1. The van der Waals surface area contributed by atoms with Crippen LogP contribution < -0.4 is 18.9 Å². The van der Waals surface area contributed by atoms with Crippen molar-refractivity contribution in [3.8, 4) is 73.6 Å². The summed E-state index contributed by atoms with van der Waals surface area (Å²) in [5.41, 5.74) is 6.83. The van der Waals surface area contributed by atoms with Gasteiger partial charge in [-0.1, -0.05) is 90.5 Å². The fourth-order valence-corrected chi connectivity index (χ4v) is 12.2. The van der Waals surface area contributed by atoms with Gasteiger partial charge in [-0.25, -0.2) is 16.8 Å². The highest BCUT2D eigenvalue weighted by Gasteiger charge is 2.22. The molecular formula is C62H48O10S3. The molecule has 10 aromatic rings. The third-order valence-electron chi connectivity index (χ3n) is 12.4. The molecule has 0 saturated carbocycles. The molecule has 0 fully saturated rings. The second kappa shape index (κ2) is 21.2. The maximum atomic E-state index is 13.8. The van der Waals surface area contributed by atoms with Crippen LogP contribution in [0.2, 0.25) is 0 Å². The van der Waals surface area contributed by atoms with Crippen LogP contribution in [0.15, 0.2) is 272 Å². The summed E-state index contributed by atoms with van der Waals surface area (Å²) >= 11 is 0. The average Bonchev–Trinajstić information content (AvgIpc) is 3.44. The highest BCUT2D eigenvalue weighted by Crippen LogP contribution is 2.55. The standard InChI is InChI=1S/C62H48O10S3/c1-43-13-27-53(28-14-43)73(63,64)54-29-17-48(18-30-54)70-49-19-31-55(32-20-49)74(65,66)56-33-21-50(22-34-56)71-51-23-35-57(36-24-51)75(67,68)58-37-25-52(26-38-58)72-62-40-16-47(42-60(62)45-11-7-4-8-12-45)46-15-39-61(69-2)59(41-46)44-9-5-3-6-10-44/h3-42,63-64H,1-2H3. The first kappa shape index (κ1) is 50.1. The van der Waals surface area contributed by atoms with Gasteiger partial charge < -0.3 is 18.9 Å². The highest BCUT2D eigenvalue weighted by molar-refractivity contribution is 8.24. The van der Waals surface area contributed by atoms with Gasteiger partial charge >= 0.3 is 0 Å². The molecule has 0 saturated heterocycles. The van der Waals surface area contributed by atoms with Gasteiger partial charge in [0.1, 0.15) is 40.2 Å². The summed E-state index contributed by atoms with van der Waals surface area (Å²) in [5, 5.41) is 0. The van der Waals surface area contributed by atoms with E-state index in [2.05, 4.69) is 24.3 Å². The number of hydrogen-bond donors (Lipinski definition) is 2. The molecule has 0 aromatic heterocycles. The van der Waals surface area contributed by atoms with Gasteiger partial charge in [0.25, 0.3) is 0 Å². The number of aryl methyl sites for hydroxylation is 1. The molecule has 374 valence electrons. The van der Waals surface area contributed by atoms with Gasteiger partial charge in [0.2, 0.25) is 19.7 Å². The summed E-state index contributed by atoms with van der Waals surface area (Å²) in [6.07, 6.45) is 0. The van der Waals surface area contributed by atoms with E-state index in [-0.39, 0.29) is 19.6 Å². The summed E-state index contributed by atoms with van der Waals surface area (Å²) in [6.45, 7) is 1.92. The maximum Gasteiger partial charge on any atom is 0.206 e. The third-order valence-corrected chi connectivity index (χ3v) is 17.8. The second-order valence-electron chi connectivity index (χ2n) is 17.4. The van der Waals surface area contributed by atoms with Crippen molar-refractivity contribution in [3.05, 3.63) is 248 Å². The number of methoxy groups -OCH3 is 1. The van der Waals surface area contributed by atoms with Gasteiger partial charge in [0.15, 0.2) is 0 Å². The molecular weight excluding hydrogens is 1000 g/mol. The van der Waals surface area contributed by atoms with Crippen molar-refractivity contribution in [1.82, 2.24) is 0 Å². The van der Waals surface area contributed by atoms with Crippen LogP contribution in [0.4, 0.5) is 0 Å². The van der Waals surface area contributed by atoms with Crippen molar-refractivity contribution in [1.29, 1.82) is 0 Å². The molecule has 0 bridgehead atoms. The molecule has 0 spiro atoms. The molecule has 0 aliphatic carbocycles. The summed E-state index contributed by atoms with van der Waals surface area (Å²) in [7, 11) is -9.38. The second-order valence-corrected chi connectivity index (χ2v) is 23.3. The molecule has 0 aliphatic rings. The normalized spacial score (nSPS) is 11.9. The Morgan fingerprint density at radius 2 is 0.627 bits per heavy atom. The van der Waals surface area contributed by atoms with Gasteiger partial charge in [-0.2, -0.15) is 0 Å². The minimum Gasteiger partial charge on any atom is -0.496 e. The zero-order chi connectivity index (χ0) is 52.2. The monoisotopic (exact) mass is 1050 g/mol. The molecule has 75 heavy (non-hydrogen) atoms. The number of rotatable bonds is 16.